The zero-order valence-electron chi connectivity index (χ0n) is 19.3. The van der Waals surface area contributed by atoms with E-state index in [2.05, 4.69) is 73.8 Å². The molecule has 0 saturated heterocycles. The standard InChI is InChI=1S/C23H32N4O3Si/c1-14(2)31(15(3)4,16(5)6)27-11-10-17-12-18(13-25-21(17)27)20-9-8-19(24)22(26-20)30-23(28)29-7/h8-16H,24H2,1-7H3. The van der Waals surface area contributed by atoms with E-state index in [0.717, 1.165) is 16.6 Å². The van der Waals surface area contributed by atoms with E-state index in [-0.39, 0.29) is 11.6 Å². The number of pyridine rings is 2. The number of ether oxygens (including phenoxy) is 2. The number of hydrogen-bond donors (Lipinski definition) is 1. The molecule has 0 aliphatic carbocycles. The van der Waals surface area contributed by atoms with Crippen molar-refractivity contribution in [2.75, 3.05) is 12.8 Å². The van der Waals surface area contributed by atoms with Crippen LogP contribution in [-0.2, 0) is 4.74 Å². The highest BCUT2D eigenvalue weighted by Crippen LogP contribution is 2.44. The van der Waals surface area contributed by atoms with Crippen LogP contribution in [0.2, 0.25) is 16.6 Å². The van der Waals surface area contributed by atoms with Gasteiger partial charge in [-0.25, -0.2) is 14.8 Å². The van der Waals surface area contributed by atoms with E-state index in [9.17, 15) is 4.79 Å². The Morgan fingerprint density at radius 2 is 1.71 bits per heavy atom. The minimum Gasteiger partial charge on any atom is -0.437 e. The lowest BCUT2D eigenvalue weighted by atomic mass is 10.1. The van der Waals surface area contributed by atoms with Gasteiger partial charge in [-0.2, -0.15) is 0 Å². The molecule has 2 N–H and O–H groups in total. The maximum absolute atomic E-state index is 11.5. The Hall–Kier alpha value is -2.87. The first-order valence-electron chi connectivity index (χ1n) is 10.6. The molecule has 166 valence electrons. The van der Waals surface area contributed by atoms with Crippen molar-refractivity contribution in [2.45, 2.75) is 58.2 Å². The number of hydrogen-bond acceptors (Lipinski definition) is 6. The monoisotopic (exact) mass is 440 g/mol. The first-order valence-corrected chi connectivity index (χ1v) is 12.8. The van der Waals surface area contributed by atoms with Gasteiger partial charge in [-0.15, -0.1) is 0 Å². The Morgan fingerprint density at radius 3 is 2.29 bits per heavy atom. The Morgan fingerprint density at radius 1 is 1.06 bits per heavy atom. The Balaban J connectivity index is 2.09. The van der Waals surface area contributed by atoms with E-state index in [4.69, 9.17) is 15.5 Å². The Labute approximate surface area is 184 Å². The lowest BCUT2D eigenvalue weighted by Crippen LogP contribution is -2.51. The fraction of sp³-hybridized carbons (Fsp3) is 0.435. The third kappa shape index (κ3) is 3.92. The van der Waals surface area contributed by atoms with E-state index in [1.54, 1.807) is 12.1 Å². The number of carbonyl (C=O) groups excluding carboxylic acids is 1. The number of nitrogens with zero attached hydrogens (tertiary/aromatic N) is 3. The highest BCUT2D eigenvalue weighted by atomic mass is 28.3. The summed E-state index contributed by atoms with van der Waals surface area (Å²) in [5.41, 5.74) is 10.3. The summed E-state index contributed by atoms with van der Waals surface area (Å²) < 4.78 is 12.1. The van der Waals surface area contributed by atoms with Crippen molar-refractivity contribution in [1.82, 2.24) is 14.2 Å². The second kappa shape index (κ2) is 8.70. The predicted octanol–water partition coefficient (Wildman–Crippen LogP) is 5.85. The SMILES string of the molecule is COC(=O)Oc1nc(-c2cnc3c(ccn3[Si](C(C)C)(C(C)C)C(C)C)c2)ccc1N. The molecule has 0 aromatic carbocycles. The van der Waals surface area contributed by atoms with Crippen LogP contribution in [0.5, 0.6) is 5.88 Å². The molecule has 3 heterocycles. The van der Waals surface area contributed by atoms with Crippen LogP contribution in [-0.4, -0.2) is 35.7 Å². The molecule has 0 fully saturated rings. The highest BCUT2D eigenvalue weighted by Gasteiger charge is 2.45. The number of aromatic nitrogens is 3. The molecule has 7 nitrogen and oxygen atoms in total. The molecule has 0 aliphatic heterocycles. The van der Waals surface area contributed by atoms with Crippen molar-refractivity contribution >= 4 is 31.1 Å². The van der Waals surface area contributed by atoms with Gasteiger partial charge in [-0.05, 0) is 47.1 Å². The number of carbonyl (C=O) groups is 1. The van der Waals surface area contributed by atoms with Crippen LogP contribution in [0.25, 0.3) is 22.3 Å². The van der Waals surface area contributed by atoms with Gasteiger partial charge in [-0.1, -0.05) is 41.5 Å². The van der Waals surface area contributed by atoms with E-state index in [1.807, 2.05) is 6.20 Å². The zero-order chi connectivity index (χ0) is 22.9. The van der Waals surface area contributed by atoms with Crippen molar-refractivity contribution in [2.24, 2.45) is 0 Å². The maximum Gasteiger partial charge on any atom is 0.514 e. The third-order valence-corrected chi connectivity index (χ3v) is 13.0. The fourth-order valence-corrected chi connectivity index (χ4v) is 11.7. The quantitative estimate of drug-likeness (QED) is 0.382. The molecule has 0 unspecified atom stereocenters. The minimum absolute atomic E-state index is 0.0212. The van der Waals surface area contributed by atoms with Crippen molar-refractivity contribution in [3.63, 3.8) is 0 Å². The molecule has 3 rings (SSSR count). The van der Waals surface area contributed by atoms with Crippen molar-refractivity contribution in [3.05, 3.63) is 36.7 Å². The molecule has 0 atom stereocenters. The number of rotatable bonds is 6. The summed E-state index contributed by atoms with van der Waals surface area (Å²) in [5.74, 6) is 0.0212. The number of nitrogens with two attached hydrogens (primary N) is 1. The summed E-state index contributed by atoms with van der Waals surface area (Å²) in [7, 11) is -0.665. The van der Waals surface area contributed by atoms with Crippen molar-refractivity contribution < 1.29 is 14.3 Å². The summed E-state index contributed by atoms with van der Waals surface area (Å²) in [6.45, 7) is 14.0. The molecule has 0 aliphatic rings. The fourth-order valence-electron chi connectivity index (χ4n) is 5.13. The molecule has 0 amide bonds. The van der Waals surface area contributed by atoms with Gasteiger partial charge in [0.15, 0.2) is 8.24 Å². The molecular formula is C23H32N4O3Si. The largest absolute Gasteiger partial charge is 0.514 e. The second-order valence-electron chi connectivity index (χ2n) is 8.82. The van der Waals surface area contributed by atoms with Gasteiger partial charge in [-0.3, -0.25) is 0 Å². The number of fused-ring (bicyclic) bond motifs is 1. The van der Waals surface area contributed by atoms with Gasteiger partial charge >= 0.3 is 6.16 Å². The molecule has 0 bridgehead atoms. The predicted molar refractivity (Wildman–Crippen MR) is 127 cm³/mol. The van der Waals surface area contributed by atoms with Crippen LogP contribution in [0, 0.1) is 0 Å². The Bertz CT molecular complexity index is 1070. The Kier molecular flexibility index (Phi) is 6.40. The topological polar surface area (TPSA) is 92.3 Å². The zero-order valence-corrected chi connectivity index (χ0v) is 20.3. The van der Waals surface area contributed by atoms with Crippen LogP contribution in [0.15, 0.2) is 36.7 Å². The first kappa shape index (κ1) is 22.8. The average molecular weight is 441 g/mol. The van der Waals surface area contributed by atoms with Crippen LogP contribution >= 0.6 is 0 Å². The maximum atomic E-state index is 11.5. The van der Waals surface area contributed by atoms with E-state index < -0.39 is 14.4 Å². The van der Waals surface area contributed by atoms with Crippen LogP contribution in [0.1, 0.15) is 41.5 Å². The lowest BCUT2D eigenvalue weighted by Gasteiger charge is -2.44. The van der Waals surface area contributed by atoms with E-state index in [1.165, 1.54) is 7.11 Å². The highest BCUT2D eigenvalue weighted by molar-refractivity contribution is 6.82. The summed E-state index contributed by atoms with van der Waals surface area (Å²) >= 11 is 0. The first-order chi connectivity index (χ1) is 14.6. The molecule has 31 heavy (non-hydrogen) atoms. The normalized spacial score (nSPS) is 12.2. The lowest BCUT2D eigenvalue weighted by molar-refractivity contribution is 0.120. The van der Waals surface area contributed by atoms with Crippen LogP contribution in [0.4, 0.5) is 10.5 Å². The third-order valence-electron chi connectivity index (χ3n) is 6.25. The molecule has 0 spiro atoms. The molecule has 8 heteroatoms. The van der Waals surface area contributed by atoms with Gasteiger partial charge in [0.2, 0.25) is 5.88 Å². The van der Waals surface area contributed by atoms with Crippen molar-refractivity contribution in [1.29, 1.82) is 0 Å². The molecule has 0 radical (unpaired) electrons. The molecule has 0 saturated carbocycles. The molecule has 3 aromatic heterocycles. The summed E-state index contributed by atoms with van der Waals surface area (Å²) in [4.78, 5) is 20.7. The minimum atomic E-state index is -1.90. The number of nitrogen functional groups attached to an aromatic ring is 1. The van der Waals surface area contributed by atoms with Crippen LogP contribution in [0.3, 0.4) is 0 Å². The number of methoxy groups -OCH3 is 1. The summed E-state index contributed by atoms with van der Waals surface area (Å²) in [6, 6.07) is 7.64. The van der Waals surface area contributed by atoms with E-state index in [0.29, 0.717) is 22.3 Å². The van der Waals surface area contributed by atoms with Gasteiger partial charge in [0.1, 0.15) is 5.65 Å². The second-order valence-corrected chi connectivity index (χ2v) is 14.5. The molecular weight excluding hydrogens is 408 g/mol. The van der Waals surface area contributed by atoms with Gasteiger partial charge in [0.05, 0.1) is 18.5 Å². The van der Waals surface area contributed by atoms with Crippen molar-refractivity contribution in [3.8, 4) is 17.1 Å². The number of anilines is 1. The van der Waals surface area contributed by atoms with Gasteiger partial charge in [0, 0.05) is 17.1 Å². The van der Waals surface area contributed by atoms with E-state index >= 15 is 0 Å². The smallest absolute Gasteiger partial charge is 0.437 e. The average Bonchev–Trinajstić information content (AvgIpc) is 3.12. The van der Waals surface area contributed by atoms with Gasteiger partial charge in [0.25, 0.3) is 0 Å². The van der Waals surface area contributed by atoms with Crippen LogP contribution < -0.4 is 10.5 Å². The van der Waals surface area contributed by atoms with Gasteiger partial charge < -0.3 is 19.4 Å². The molecule has 3 aromatic rings. The summed E-state index contributed by atoms with van der Waals surface area (Å²) in [6.07, 6.45) is 3.16. The summed E-state index contributed by atoms with van der Waals surface area (Å²) in [5, 5.41) is 1.06.